The first-order valence-corrected chi connectivity index (χ1v) is 33.1. The van der Waals surface area contributed by atoms with Crippen LogP contribution in [0.25, 0.3) is 0 Å². The van der Waals surface area contributed by atoms with E-state index in [1.54, 1.807) is 6.42 Å². The molecular formula is C66H108O9. The molecule has 22 atom stereocenters. The van der Waals surface area contributed by atoms with Gasteiger partial charge in [-0.05, 0) is 236 Å². The van der Waals surface area contributed by atoms with Gasteiger partial charge in [-0.3, -0.25) is 0 Å². The summed E-state index contributed by atoms with van der Waals surface area (Å²) in [6.45, 7) is 19.7. The molecule has 22 bridgehead atoms. The fraction of sp³-hybridized carbons (Fsp3) is 1.00. The Kier molecular flexibility index (Phi) is 16.1. The molecule has 22 unspecified atom stereocenters. The first-order valence-electron chi connectivity index (χ1n) is 33.1. The second kappa shape index (κ2) is 22.4. The molecule has 0 aromatic carbocycles. The van der Waals surface area contributed by atoms with Crippen molar-refractivity contribution in [2.75, 3.05) is 26.6 Å². The molecule has 14 heterocycles. The summed E-state index contributed by atoms with van der Waals surface area (Å²) in [5, 5.41) is 0. The van der Waals surface area contributed by atoms with Gasteiger partial charge in [-0.25, -0.2) is 0 Å². The molecule has 0 radical (unpaired) electrons. The van der Waals surface area contributed by atoms with Gasteiger partial charge >= 0.3 is 0 Å². The molecule has 0 N–H and O–H groups in total. The number of hydrogen-bond donors (Lipinski definition) is 0. The van der Waals surface area contributed by atoms with E-state index in [0.29, 0.717) is 86.1 Å². The molecule has 14 aliphatic heterocycles. The third-order valence-corrected chi connectivity index (χ3v) is 25.5. The van der Waals surface area contributed by atoms with Gasteiger partial charge in [0.15, 0.2) is 0 Å². The van der Waals surface area contributed by atoms with Crippen LogP contribution in [0.1, 0.15) is 215 Å². The molecule has 0 amide bonds. The van der Waals surface area contributed by atoms with E-state index < -0.39 is 0 Å². The lowest BCUT2D eigenvalue weighted by molar-refractivity contribution is -0.302. The van der Waals surface area contributed by atoms with E-state index in [1.165, 1.54) is 148 Å². The molecular weight excluding hydrogens is 937 g/mol. The maximum atomic E-state index is 6.30. The SMILES string of the molecule is CC12CC3C4CC5CC3C(C1)C(O5)C4C2.CC1C2CC3CC(C2)OC1C3.CC1CC2CCC1O2.CC1CC2OC1C1C3CCC(O3)C21.CCC12CC3CC(C1)OC(C3)C2.CCC1CCOCC1.CCC1CCOCO1. The van der Waals surface area contributed by atoms with Gasteiger partial charge < -0.3 is 42.6 Å². The Morgan fingerprint density at radius 3 is 1.68 bits per heavy atom. The van der Waals surface area contributed by atoms with Crippen LogP contribution in [0.4, 0.5) is 0 Å². The first kappa shape index (κ1) is 53.9. The van der Waals surface area contributed by atoms with Crippen molar-refractivity contribution in [3.05, 3.63) is 0 Å². The zero-order valence-corrected chi connectivity index (χ0v) is 48.5. The fourth-order valence-corrected chi connectivity index (χ4v) is 22.0. The zero-order chi connectivity index (χ0) is 51.2. The highest BCUT2D eigenvalue weighted by Gasteiger charge is 2.67. The van der Waals surface area contributed by atoms with E-state index >= 15 is 0 Å². The molecule has 23 fully saturated rings. The average Bonchev–Trinajstić information content (AvgIpc) is 4.33. The molecule has 0 aromatic heterocycles. The minimum absolute atomic E-state index is 0.462. The van der Waals surface area contributed by atoms with Crippen LogP contribution in [0.3, 0.4) is 0 Å². The molecule has 23 aliphatic rings. The molecule has 9 nitrogen and oxygen atoms in total. The highest BCUT2D eigenvalue weighted by molar-refractivity contribution is 5.16. The second-order valence-corrected chi connectivity index (χ2v) is 30.2. The summed E-state index contributed by atoms with van der Waals surface area (Å²) in [4.78, 5) is 0. The van der Waals surface area contributed by atoms with Crippen LogP contribution in [0, 0.1) is 93.7 Å². The molecule has 0 spiro atoms. The van der Waals surface area contributed by atoms with Gasteiger partial charge in [0.1, 0.15) is 6.79 Å². The Bertz CT molecular complexity index is 1730. The standard InChI is InChI=1S/C14H20O.C11H16O2.C11H18O.C10H16O.C7H12O.C7H14O.C6H12O2/c1-14-4-10-8-2-7-3-9(10)12(6-14)13(15-7)11(8)5-14;1-5-4-8-9-6-2-3-7(12-6)10(9)11(5)13-8;1-2-11-5-8-3-9(6-11)12-10(4-8)7-11;1-6-8-2-7-3-9(5-8)11-10(6)4-7;1-5-4-6-2-3-7(5)8-6;1-2-7-3-5-8-6-4-7;1-2-6-3-4-7-5-8-6/h7-13H,2-6H2,1H3;5-11H,2-4H2,1H3;8-10H,2-7H2,1H3;6-10H,2-5H2,1H3;5-7H,2-4H2,1H3;7H,2-6H2,1H3;6H,2-5H2,1H3. The van der Waals surface area contributed by atoms with Gasteiger partial charge in [0, 0.05) is 25.0 Å². The lowest BCUT2D eigenvalue weighted by Gasteiger charge is -2.71. The predicted octanol–water partition coefficient (Wildman–Crippen LogP) is 13.9. The largest absolute Gasteiger partial charge is 0.381 e. The number of ether oxygens (including phenoxy) is 9. The van der Waals surface area contributed by atoms with Crippen molar-refractivity contribution in [2.45, 2.75) is 295 Å². The maximum Gasteiger partial charge on any atom is 0.147 e. The minimum Gasteiger partial charge on any atom is -0.381 e. The van der Waals surface area contributed by atoms with Crippen LogP contribution >= 0.6 is 0 Å². The van der Waals surface area contributed by atoms with E-state index in [9.17, 15) is 0 Å². The van der Waals surface area contributed by atoms with Crippen molar-refractivity contribution >= 4 is 0 Å². The lowest BCUT2D eigenvalue weighted by Crippen LogP contribution is -2.68. The maximum absolute atomic E-state index is 6.30. The molecule has 0 aromatic rings. The Morgan fingerprint density at radius 2 is 1.11 bits per heavy atom. The zero-order valence-electron chi connectivity index (χ0n) is 48.5. The van der Waals surface area contributed by atoms with Crippen molar-refractivity contribution in [2.24, 2.45) is 93.7 Å². The van der Waals surface area contributed by atoms with E-state index in [-0.39, 0.29) is 0 Å². The molecule has 14 saturated heterocycles. The van der Waals surface area contributed by atoms with Crippen molar-refractivity contribution in [1.82, 2.24) is 0 Å². The van der Waals surface area contributed by atoms with Crippen molar-refractivity contribution < 1.29 is 42.6 Å². The van der Waals surface area contributed by atoms with E-state index in [0.717, 1.165) is 126 Å². The van der Waals surface area contributed by atoms with Crippen LogP contribution in [-0.4, -0.2) is 106 Å². The topological polar surface area (TPSA) is 83.1 Å². The molecule has 9 heteroatoms. The summed E-state index contributed by atoms with van der Waals surface area (Å²) in [5.41, 5.74) is 1.44. The Labute approximate surface area is 455 Å². The summed E-state index contributed by atoms with van der Waals surface area (Å²) in [7, 11) is 0. The van der Waals surface area contributed by atoms with Crippen LogP contribution in [0.15, 0.2) is 0 Å². The highest BCUT2D eigenvalue weighted by Crippen LogP contribution is 2.71. The first-order chi connectivity index (χ1) is 36.4. The number of fused-ring (bicyclic) bond motifs is 11. The third kappa shape index (κ3) is 10.8. The van der Waals surface area contributed by atoms with Crippen molar-refractivity contribution in [3.8, 4) is 0 Å². The highest BCUT2D eigenvalue weighted by atomic mass is 16.7. The van der Waals surface area contributed by atoms with Crippen LogP contribution in [0.5, 0.6) is 0 Å². The average molecular weight is 1050 g/mol. The smallest absolute Gasteiger partial charge is 0.147 e. The monoisotopic (exact) mass is 1040 g/mol. The van der Waals surface area contributed by atoms with Gasteiger partial charge in [0.2, 0.25) is 0 Å². The van der Waals surface area contributed by atoms with Crippen LogP contribution < -0.4 is 0 Å². The molecule has 75 heavy (non-hydrogen) atoms. The van der Waals surface area contributed by atoms with Gasteiger partial charge in [0.25, 0.3) is 0 Å². The normalized spacial score (nSPS) is 55.6. The van der Waals surface area contributed by atoms with E-state index in [2.05, 4.69) is 48.5 Å². The molecule has 23 rings (SSSR count). The Hall–Kier alpha value is -0.360. The summed E-state index contributed by atoms with van der Waals surface area (Å²) in [5.74, 6) is 13.3. The third-order valence-electron chi connectivity index (χ3n) is 25.5. The Balaban J connectivity index is 0.0000000853. The molecule has 426 valence electrons. The van der Waals surface area contributed by atoms with Crippen LogP contribution in [-0.2, 0) is 42.6 Å². The Morgan fingerprint density at radius 1 is 0.427 bits per heavy atom. The van der Waals surface area contributed by atoms with E-state index in [1.807, 2.05) is 0 Å². The summed E-state index contributed by atoms with van der Waals surface area (Å²) in [6, 6.07) is 0. The minimum atomic E-state index is 0.462. The quantitative estimate of drug-likeness (QED) is 0.274. The van der Waals surface area contributed by atoms with Crippen molar-refractivity contribution in [3.63, 3.8) is 0 Å². The summed E-state index contributed by atoms with van der Waals surface area (Å²) >= 11 is 0. The van der Waals surface area contributed by atoms with E-state index in [4.69, 9.17) is 42.6 Å². The van der Waals surface area contributed by atoms with Gasteiger partial charge in [0.05, 0.1) is 86.0 Å². The number of hydrogen-bond acceptors (Lipinski definition) is 9. The summed E-state index contributed by atoms with van der Waals surface area (Å²) in [6.07, 6.45) is 43.3. The van der Waals surface area contributed by atoms with Crippen molar-refractivity contribution in [1.29, 1.82) is 0 Å². The predicted molar refractivity (Wildman–Crippen MR) is 292 cm³/mol. The molecule has 9 saturated carbocycles. The second-order valence-electron chi connectivity index (χ2n) is 30.2. The number of rotatable bonds is 3. The van der Waals surface area contributed by atoms with Gasteiger partial charge in [-0.1, -0.05) is 61.3 Å². The van der Waals surface area contributed by atoms with Gasteiger partial charge in [-0.15, -0.1) is 0 Å². The lowest BCUT2D eigenvalue weighted by atomic mass is 9.38. The fourth-order valence-electron chi connectivity index (χ4n) is 22.0. The summed E-state index contributed by atoms with van der Waals surface area (Å²) < 4.78 is 51.2. The van der Waals surface area contributed by atoms with Gasteiger partial charge in [-0.2, -0.15) is 0 Å². The van der Waals surface area contributed by atoms with Crippen LogP contribution in [0.2, 0.25) is 0 Å². The molecule has 9 aliphatic carbocycles.